The van der Waals surface area contributed by atoms with E-state index in [9.17, 15) is 4.79 Å². The van der Waals surface area contributed by atoms with Gasteiger partial charge in [-0.25, -0.2) is 9.97 Å². The Balaban J connectivity index is 1.81. The number of carbonyl (C=O) groups excluding carboxylic acids is 1. The van der Waals surface area contributed by atoms with Gasteiger partial charge in [0.1, 0.15) is 15.7 Å². The van der Waals surface area contributed by atoms with Crippen molar-refractivity contribution in [2.24, 2.45) is 0 Å². The number of aryl methyl sites for hydroxylation is 4. The fraction of sp³-hybridized carbons (Fsp3) is 0.316. The van der Waals surface area contributed by atoms with Gasteiger partial charge in [0.05, 0.1) is 5.75 Å². The molecule has 0 unspecified atom stereocenters. The van der Waals surface area contributed by atoms with Gasteiger partial charge in [-0.05, 0) is 44.4 Å². The summed E-state index contributed by atoms with van der Waals surface area (Å²) >= 11 is 3.19. The zero-order valence-electron chi connectivity index (χ0n) is 14.8. The molecule has 1 N–H and O–H groups in total. The van der Waals surface area contributed by atoms with Crippen molar-refractivity contribution in [3.8, 4) is 0 Å². The molecule has 25 heavy (non-hydrogen) atoms. The van der Waals surface area contributed by atoms with Crippen molar-refractivity contribution in [1.82, 2.24) is 9.97 Å². The summed E-state index contributed by atoms with van der Waals surface area (Å²) in [6.45, 7) is 8.16. The van der Waals surface area contributed by atoms with E-state index in [2.05, 4.69) is 29.1 Å². The Kier molecular flexibility index (Phi) is 5.39. The maximum absolute atomic E-state index is 12.3. The highest BCUT2D eigenvalue weighted by molar-refractivity contribution is 8.00. The molecule has 0 saturated heterocycles. The van der Waals surface area contributed by atoms with Gasteiger partial charge in [-0.1, -0.05) is 36.9 Å². The fourth-order valence-corrected chi connectivity index (χ4v) is 4.93. The van der Waals surface area contributed by atoms with E-state index in [-0.39, 0.29) is 5.91 Å². The van der Waals surface area contributed by atoms with Gasteiger partial charge in [-0.3, -0.25) is 4.79 Å². The minimum absolute atomic E-state index is 0.0197. The third-order valence-corrected chi connectivity index (χ3v) is 6.06. The highest BCUT2D eigenvalue weighted by atomic mass is 32.2. The molecule has 2 heterocycles. The van der Waals surface area contributed by atoms with Gasteiger partial charge in [0.2, 0.25) is 5.91 Å². The average molecular weight is 372 g/mol. The molecule has 3 aromatic rings. The van der Waals surface area contributed by atoms with Crippen LogP contribution in [0.25, 0.3) is 10.2 Å². The van der Waals surface area contributed by atoms with Gasteiger partial charge in [0, 0.05) is 16.0 Å². The van der Waals surface area contributed by atoms with Crippen LogP contribution < -0.4 is 5.32 Å². The van der Waals surface area contributed by atoms with Crippen LogP contribution in [-0.4, -0.2) is 21.6 Å². The van der Waals surface area contributed by atoms with E-state index in [1.165, 1.54) is 22.2 Å². The van der Waals surface area contributed by atoms with Crippen LogP contribution in [0.5, 0.6) is 0 Å². The van der Waals surface area contributed by atoms with Crippen molar-refractivity contribution < 1.29 is 4.79 Å². The number of nitrogens with one attached hydrogen (secondary N) is 1. The van der Waals surface area contributed by atoms with Gasteiger partial charge in [0.15, 0.2) is 0 Å². The van der Waals surface area contributed by atoms with Crippen molar-refractivity contribution >= 4 is 44.9 Å². The zero-order valence-corrected chi connectivity index (χ0v) is 16.5. The molecule has 0 atom stereocenters. The SMILES string of the molecule is CCc1c(C)sc2nc(C)nc(SCC(=O)Nc3ccccc3C)c12. The molecule has 3 rings (SSSR count). The number of thioether (sulfide) groups is 1. The summed E-state index contributed by atoms with van der Waals surface area (Å²) < 4.78 is 0. The number of benzene rings is 1. The van der Waals surface area contributed by atoms with Gasteiger partial charge in [-0.2, -0.15) is 0 Å². The Bertz CT molecular complexity index is 934. The van der Waals surface area contributed by atoms with E-state index < -0.39 is 0 Å². The number of anilines is 1. The summed E-state index contributed by atoms with van der Waals surface area (Å²) in [5, 5.41) is 5.00. The molecule has 0 fully saturated rings. The van der Waals surface area contributed by atoms with Crippen LogP contribution in [0.2, 0.25) is 0 Å². The third-order valence-electron chi connectivity index (χ3n) is 4.04. The van der Waals surface area contributed by atoms with Gasteiger partial charge >= 0.3 is 0 Å². The third kappa shape index (κ3) is 3.85. The smallest absolute Gasteiger partial charge is 0.234 e. The summed E-state index contributed by atoms with van der Waals surface area (Å²) in [5.74, 6) is 1.06. The van der Waals surface area contributed by atoms with Crippen molar-refractivity contribution in [2.45, 2.75) is 39.1 Å². The maximum atomic E-state index is 12.3. The molecule has 2 aromatic heterocycles. The van der Waals surface area contributed by atoms with E-state index >= 15 is 0 Å². The van der Waals surface area contributed by atoms with Crippen LogP contribution >= 0.6 is 23.1 Å². The van der Waals surface area contributed by atoms with Gasteiger partial charge in [0.25, 0.3) is 0 Å². The molecule has 0 saturated carbocycles. The molecule has 0 radical (unpaired) electrons. The van der Waals surface area contributed by atoms with E-state index in [4.69, 9.17) is 0 Å². The Morgan fingerprint density at radius 2 is 1.96 bits per heavy atom. The number of aromatic nitrogens is 2. The van der Waals surface area contributed by atoms with Crippen LogP contribution in [-0.2, 0) is 11.2 Å². The predicted octanol–water partition coefficient (Wildman–Crippen LogP) is 4.91. The van der Waals surface area contributed by atoms with Crippen LogP contribution in [0.15, 0.2) is 29.3 Å². The quantitative estimate of drug-likeness (QED) is 0.511. The van der Waals surface area contributed by atoms with Crippen LogP contribution in [0.1, 0.15) is 28.8 Å². The molecular formula is C19H21N3OS2. The Labute approximate surface area is 156 Å². The van der Waals surface area contributed by atoms with Gasteiger partial charge < -0.3 is 5.32 Å². The number of thiophene rings is 1. The number of hydrogen-bond acceptors (Lipinski definition) is 5. The minimum atomic E-state index is -0.0197. The molecule has 0 aliphatic carbocycles. The number of rotatable bonds is 5. The second-order valence-corrected chi connectivity index (χ2v) is 8.07. The zero-order chi connectivity index (χ0) is 18.0. The molecule has 0 bridgehead atoms. The van der Waals surface area contributed by atoms with Crippen LogP contribution in [0.4, 0.5) is 5.69 Å². The fourth-order valence-electron chi connectivity index (χ4n) is 2.80. The Morgan fingerprint density at radius 1 is 1.20 bits per heavy atom. The first-order chi connectivity index (χ1) is 12.0. The second-order valence-electron chi connectivity index (χ2n) is 5.90. The normalized spacial score (nSPS) is 11.0. The number of para-hydroxylation sites is 1. The summed E-state index contributed by atoms with van der Waals surface area (Å²) in [7, 11) is 0. The van der Waals surface area contributed by atoms with Gasteiger partial charge in [-0.15, -0.1) is 11.3 Å². The molecular weight excluding hydrogens is 350 g/mol. The highest BCUT2D eigenvalue weighted by Gasteiger charge is 2.16. The molecule has 6 heteroatoms. The van der Waals surface area contributed by atoms with E-state index in [1.54, 1.807) is 11.3 Å². The lowest BCUT2D eigenvalue weighted by Crippen LogP contribution is -2.15. The lowest BCUT2D eigenvalue weighted by molar-refractivity contribution is -0.113. The molecule has 4 nitrogen and oxygen atoms in total. The number of nitrogens with zero attached hydrogens (tertiary/aromatic N) is 2. The van der Waals surface area contributed by atoms with E-state index in [0.717, 1.165) is 38.7 Å². The molecule has 0 spiro atoms. The molecule has 0 aliphatic rings. The van der Waals surface area contributed by atoms with E-state index in [1.807, 2.05) is 38.1 Å². The van der Waals surface area contributed by atoms with Crippen LogP contribution in [0, 0.1) is 20.8 Å². The first-order valence-corrected chi connectivity index (χ1v) is 10.0. The molecule has 0 aliphatic heterocycles. The number of hydrogen-bond donors (Lipinski definition) is 1. The lowest BCUT2D eigenvalue weighted by atomic mass is 10.1. The topological polar surface area (TPSA) is 54.9 Å². The first-order valence-electron chi connectivity index (χ1n) is 8.24. The lowest BCUT2D eigenvalue weighted by Gasteiger charge is -2.09. The molecule has 1 amide bonds. The van der Waals surface area contributed by atoms with Crippen molar-refractivity contribution in [1.29, 1.82) is 0 Å². The monoisotopic (exact) mass is 371 g/mol. The maximum Gasteiger partial charge on any atom is 0.234 e. The molecule has 130 valence electrons. The van der Waals surface area contributed by atoms with E-state index in [0.29, 0.717) is 5.75 Å². The van der Waals surface area contributed by atoms with Crippen molar-refractivity contribution in [3.63, 3.8) is 0 Å². The average Bonchev–Trinajstić information content (AvgIpc) is 2.89. The first kappa shape index (κ1) is 17.9. The summed E-state index contributed by atoms with van der Waals surface area (Å²) in [6.07, 6.45) is 0.946. The number of fused-ring (bicyclic) bond motifs is 1. The number of amides is 1. The highest BCUT2D eigenvalue weighted by Crippen LogP contribution is 2.36. The predicted molar refractivity (Wildman–Crippen MR) is 107 cm³/mol. The summed E-state index contributed by atoms with van der Waals surface area (Å²) in [5.41, 5.74) is 3.21. The summed E-state index contributed by atoms with van der Waals surface area (Å²) in [4.78, 5) is 23.8. The van der Waals surface area contributed by atoms with Crippen LogP contribution in [0.3, 0.4) is 0 Å². The van der Waals surface area contributed by atoms with Crippen molar-refractivity contribution in [2.75, 3.05) is 11.1 Å². The molecule has 1 aromatic carbocycles. The van der Waals surface area contributed by atoms with Crippen molar-refractivity contribution in [3.05, 3.63) is 46.1 Å². The Hall–Kier alpha value is -1.92. The largest absolute Gasteiger partial charge is 0.325 e. The Morgan fingerprint density at radius 3 is 2.68 bits per heavy atom. The minimum Gasteiger partial charge on any atom is -0.325 e. The second kappa shape index (κ2) is 7.54. The summed E-state index contributed by atoms with van der Waals surface area (Å²) in [6, 6.07) is 7.80. The standard InChI is InChI=1S/C19H21N3OS2/c1-5-14-12(3)25-19-17(14)18(20-13(4)21-19)24-10-16(23)22-15-9-7-6-8-11(15)2/h6-9H,5,10H2,1-4H3,(H,22,23). The number of carbonyl (C=O) groups is 1.